The summed E-state index contributed by atoms with van der Waals surface area (Å²) in [6, 6.07) is 14.3. The van der Waals surface area contributed by atoms with Crippen LogP contribution in [0.5, 0.6) is 0 Å². The summed E-state index contributed by atoms with van der Waals surface area (Å²) in [4.78, 5) is 44.6. The van der Waals surface area contributed by atoms with Crippen molar-refractivity contribution in [2.75, 3.05) is 24.5 Å². The number of carbonyl (C=O) groups is 3. The quantitative estimate of drug-likeness (QED) is 0.407. The molecule has 6 rings (SSSR count). The van der Waals surface area contributed by atoms with E-state index in [1.54, 1.807) is 6.20 Å². The molecule has 3 aliphatic rings. The molecule has 16 heteroatoms. The van der Waals surface area contributed by atoms with Crippen LogP contribution in [0.4, 0.5) is 32.0 Å². The summed E-state index contributed by atoms with van der Waals surface area (Å²) in [5, 5.41) is 14.2. The third kappa shape index (κ3) is 7.29. The Hall–Kier alpha value is -4.63. The second-order valence-corrected chi connectivity index (χ2v) is 10.4. The SMILES string of the molecule is O=C(Cc1ccccn1)N1CCC2(C1)c1cccn1-c1ncccc1N2CC1CC1.O=C(O)C(F)(F)F.O=C(O)C(F)(F)F. The summed E-state index contributed by atoms with van der Waals surface area (Å²) in [5.74, 6) is -3.61. The van der Waals surface area contributed by atoms with E-state index in [0.29, 0.717) is 13.0 Å². The topological polar surface area (TPSA) is 129 Å². The number of carbonyl (C=O) groups excluding carboxylic acids is 1. The van der Waals surface area contributed by atoms with E-state index in [0.717, 1.165) is 36.9 Å². The van der Waals surface area contributed by atoms with Gasteiger partial charge in [0.25, 0.3) is 0 Å². The first-order valence-corrected chi connectivity index (χ1v) is 13.3. The van der Waals surface area contributed by atoms with E-state index in [-0.39, 0.29) is 11.4 Å². The minimum atomic E-state index is -5.08. The molecule has 0 radical (unpaired) electrons. The summed E-state index contributed by atoms with van der Waals surface area (Å²) in [7, 11) is 0. The molecule has 1 amide bonds. The highest BCUT2D eigenvalue weighted by Crippen LogP contribution is 2.48. The lowest BCUT2D eigenvalue weighted by Crippen LogP contribution is -2.53. The molecule has 1 saturated carbocycles. The molecule has 10 nitrogen and oxygen atoms in total. The molecular weight excluding hydrogens is 600 g/mol. The fraction of sp³-hybridized carbons (Fsp3) is 0.393. The number of likely N-dealkylation sites (tertiary alicyclic amines) is 1. The maximum atomic E-state index is 13.1. The predicted molar refractivity (Wildman–Crippen MR) is 142 cm³/mol. The van der Waals surface area contributed by atoms with Gasteiger partial charge in [-0.05, 0) is 61.6 Å². The summed E-state index contributed by atoms with van der Waals surface area (Å²) in [6.07, 6.45) is -0.547. The molecule has 1 saturated heterocycles. The highest BCUT2D eigenvalue weighted by molar-refractivity contribution is 5.79. The Bertz CT molecular complexity index is 1470. The molecule has 1 atom stereocenters. The average molecular weight is 628 g/mol. The Kier molecular flexibility index (Phi) is 9.20. The lowest BCUT2D eigenvalue weighted by Gasteiger charge is -2.47. The second-order valence-electron chi connectivity index (χ2n) is 10.4. The number of carboxylic acids is 2. The molecule has 0 bridgehead atoms. The number of aliphatic carboxylic acids is 2. The zero-order valence-corrected chi connectivity index (χ0v) is 22.9. The zero-order chi connectivity index (χ0) is 32.3. The maximum absolute atomic E-state index is 13.1. The number of anilines is 1. The smallest absolute Gasteiger partial charge is 0.475 e. The number of rotatable bonds is 4. The molecule has 1 aliphatic carbocycles. The van der Waals surface area contributed by atoms with Crippen LogP contribution >= 0.6 is 0 Å². The molecule has 5 heterocycles. The summed E-state index contributed by atoms with van der Waals surface area (Å²) < 4.78 is 65.7. The lowest BCUT2D eigenvalue weighted by atomic mass is 9.88. The van der Waals surface area contributed by atoms with Crippen LogP contribution in [-0.4, -0.2) is 79.5 Å². The largest absolute Gasteiger partial charge is 0.490 e. The predicted octanol–water partition coefficient (Wildman–Crippen LogP) is 4.43. The van der Waals surface area contributed by atoms with Crippen molar-refractivity contribution < 1.29 is 50.9 Å². The van der Waals surface area contributed by atoms with Gasteiger partial charge in [-0.2, -0.15) is 26.3 Å². The number of amides is 1. The van der Waals surface area contributed by atoms with E-state index in [9.17, 15) is 31.1 Å². The Morgan fingerprint density at radius 1 is 0.886 bits per heavy atom. The lowest BCUT2D eigenvalue weighted by molar-refractivity contribution is -0.193. The van der Waals surface area contributed by atoms with Gasteiger partial charge in [-0.15, -0.1) is 0 Å². The van der Waals surface area contributed by atoms with E-state index >= 15 is 0 Å². The van der Waals surface area contributed by atoms with Crippen molar-refractivity contribution in [1.29, 1.82) is 0 Å². The highest BCUT2D eigenvalue weighted by atomic mass is 19.4. The van der Waals surface area contributed by atoms with E-state index in [1.807, 2.05) is 35.4 Å². The average Bonchev–Trinajstić information content (AvgIpc) is 3.45. The number of fused-ring (bicyclic) bond motifs is 4. The number of aromatic nitrogens is 3. The minimum absolute atomic E-state index is 0.159. The van der Waals surface area contributed by atoms with Crippen LogP contribution in [-0.2, 0) is 26.3 Å². The van der Waals surface area contributed by atoms with Gasteiger partial charge in [0.05, 0.1) is 17.8 Å². The van der Waals surface area contributed by atoms with E-state index in [2.05, 4.69) is 38.8 Å². The second kappa shape index (κ2) is 12.5. The van der Waals surface area contributed by atoms with Crippen LogP contribution in [0, 0.1) is 5.92 Å². The van der Waals surface area contributed by atoms with Gasteiger partial charge in [0.2, 0.25) is 5.91 Å². The summed E-state index contributed by atoms with van der Waals surface area (Å²) in [5.41, 5.74) is 3.08. The van der Waals surface area contributed by atoms with Crippen molar-refractivity contribution in [1.82, 2.24) is 19.4 Å². The molecule has 2 N–H and O–H groups in total. The Labute approximate surface area is 246 Å². The standard InChI is InChI=1S/C24H25N5O.2C2HF3O2/c30-22(15-19-5-1-2-11-25-19)27-14-10-24(17-27)21-7-4-13-28(21)23-20(6-3-12-26-23)29(24)16-18-8-9-18;2*3-2(4,5)1(6)7/h1-7,11-13,18H,8-10,14-17H2;2*(H,6,7). The van der Waals surface area contributed by atoms with Crippen molar-refractivity contribution in [3.8, 4) is 5.82 Å². The van der Waals surface area contributed by atoms with Gasteiger partial charge in [-0.3, -0.25) is 9.78 Å². The molecular formula is C28H27F6N5O5. The van der Waals surface area contributed by atoms with Gasteiger partial charge >= 0.3 is 24.3 Å². The summed E-state index contributed by atoms with van der Waals surface area (Å²) in [6.45, 7) is 2.52. The van der Waals surface area contributed by atoms with Crippen LogP contribution in [0.3, 0.4) is 0 Å². The van der Waals surface area contributed by atoms with Crippen LogP contribution < -0.4 is 4.90 Å². The summed E-state index contributed by atoms with van der Waals surface area (Å²) >= 11 is 0. The fourth-order valence-corrected chi connectivity index (χ4v) is 5.14. The Morgan fingerprint density at radius 3 is 2.09 bits per heavy atom. The third-order valence-electron chi connectivity index (χ3n) is 7.31. The molecule has 236 valence electrons. The van der Waals surface area contributed by atoms with E-state index in [1.165, 1.54) is 24.2 Å². The van der Waals surface area contributed by atoms with Crippen LogP contribution in [0.2, 0.25) is 0 Å². The first-order chi connectivity index (χ1) is 20.6. The van der Waals surface area contributed by atoms with E-state index in [4.69, 9.17) is 24.8 Å². The Balaban J connectivity index is 0.000000265. The number of alkyl halides is 6. The number of nitrogens with zero attached hydrogens (tertiary/aromatic N) is 5. The highest BCUT2D eigenvalue weighted by Gasteiger charge is 2.51. The van der Waals surface area contributed by atoms with Gasteiger partial charge in [0, 0.05) is 43.9 Å². The monoisotopic (exact) mass is 627 g/mol. The Morgan fingerprint density at radius 2 is 1.52 bits per heavy atom. The first kappa shape index (κ1) is 32.3. The number of halogens is 6. The van der Waals surface area contributed by atoms with Crippen molar-refractivity contribution >= 4 is 23.5 Å². The molecule has 1 spiro atoms. The van der Waals surface area contributed by atoms with Crippen LogP contribution in [0.15, 0.2) is 61.1 Å². The molecule has 3 aromatic heterocycles. The van der Waals surface area contributed by atoms with Gasteiger partial charge in [-0.1, -0.05) is 6.07 Å². The fourth-order valence-electron chi connectivity index (χ4n) is 5.14. The molecule has 2 fully saturated rings. The van der Waals surface area contributed by atoms with Gasteiger partial charge < -0.3 is 24.6 Å². The van der Waals surface area contributed by atoms with Crippen LogP contribution in [0.1, 0.15) is 30.7 Å². The molecule has 0 aromatic carbocycles. The van der Waals surface area contributed by atoms with Crippen molar-refractivity contribution in [2.24, 2.45) is 5.92 Å². The molecule has 3 aromatic rings. The normalized spacial score (nSPS) is 18.8. The number of hydrogen-bond acceptors (Lipinski definition) is 6. The molecule has 1 unspecified atom stereocenters. The molecule has 44 heavy (non-hydrogen) atoms. The van der Waals surface area contributed by atoms with Crippen molar-refractivity contribution in [2.45, 2.75) is 43.6 Å². The van der Waals surface area contributed by atoms with Gasteiger partial charge in [-0.25, -0.2) is 14.6 Å². The first-order valence-electron chi connectivity index (χ1n) is 13.3. The van der Waals surface area contributed by atoms with Gasteiger partial charge in [0.1, 0.15) is 5.54 Å². The number of carboxylic acid groups (broad SMARTS) is 2. The molecule has 2 aliphatic heterocycles. The third-order valence-corrected chi connectivity index (χ3v) is 7.31. The minimum Gasteiger partial charge on any atom is -0.475 e. The van der Waals surface area contributed by atoms with Crippen LogP contribution in [0.25, 0.3) is 5.82 Å². The van der Waals surface area contributed by atoms with Crippen molar-refractivity contribution in [3.63, 3.8) is 0 Å². The zero-order valence-electron chi connectivity index (χ0n) is 22.9. The number of hydrogen-bond donors (Lipinski definition) is 2. The van der Waals surface area contributed by atoms with Gasteiger partial charge in [0.15, 0.2) is 5.82 Å². The van der Waals surface area contributed by atoms with E-state index < -0.39 is 24.3 Å². The maximum Gasteiger partial charge on any atom is 0.490 e. The van der Waals surface area contributed by atoms with Crippen molar-refractivity contribution in [3.05, 3.63) is 72.4 Å². The number of pyridine rings is 2.